The van der Waals surface area contributed by atoms with E-state index in [4.69, 9.17) is 4.74 Å². The Hall–Kier alpha value is -3.93. The van der Waals surface area contributed by atoms with Gasteiger partial charge in [0.25, 0.3) is 5.91 Å². The fourth-order valence-corrected chi connectivity index (χ4v) is 4.30. The zero-order valence-electron chi connectivity index (χ0n) is 19.3. The van der Waals surface area contributed by atoms with Gasteiger partial charge in [0, 0.05) is 29.7 Å². The van der Waals surface area contributed by atoms with E-state index in [1.165, 1.54) is 12.8 Å². The third kappa shape index (κ3) is 5.01. The highest BCUT2D eigenvalue weighted by Gasteiger charge is 2.17. The largest absolute Gasteiger partial charge is 0.483 e. The van der Waals surface area contributed by atoms with Gasteiger partial charge in [-0.2, -0.15) is 0 Å². The Morgan fingerprint density at radius 3 is 2.59 bits per heavy atom. The molecule has 4 aromatic rings. The van der Waals surface area contributed by atoms with Crippen molar-refractivity contribution in [2.45, 2.75) is 19.8 Å². The molecule has 34 heavy (non-hydrogen) atoms. The lowest BCUT2D eigenvalue weighted by Crippen LogP contribution is -2.33. The molecular weight excluding hydrogens is 424 g/mol. The lowest BCUT2D eigenvalue weighted by Gasteiger charge is -2.30. The van der Waals surface area contributed by atoms with Gasteiger partial charge in [0.1, 0.15) is 5.75 Å². The first-order chi connectivity index (χ1) is 16.7. The summed E-state index contributed by atoms with van der Waals surface area (Å²) in [5.41, 5.74) is 2.37. The fraction of sp³-hybridized carbons (Fsp3) is 0.250. The van der Waals surface area contributed by atoms with Crippen LogP contribution in [0, 0.1) is 5.92 Å². The smallest absolute Gasteiger partial charge is 0.262 e. The number of piperidine rings is 1. The molecule has 1 saturated heterocycles. The van der Waals surface area contributed by atoms with Crippen LogP contribution in [0.25, 0.3) is 22.0 Å². The van der Waals surface area contributed by atoms with Crippen LogP contribution in [0.15, 0.2) is 78.9 Å². The minimum atomic E-state index is -0.217. The van der Waals surface area contributed by atoms with Crippen LogP contribution in [0.3, 0.4) is 0 Å². The number of ether oxygens (including phenoxy) is 1. The molecule has 0 bridgehead atoms. The van der Waals surface area contributed by atoms with Crippen LogP contribution in [0.4, 0.5) is 11.5 Å². The molecule has 0 aliphatic carbocycles. The van der Waals surface area contributed by atoms with Crippen LogP contribution < -0.4 is 15.0 Å². The minimum Gasteiger partial charge on any atom is -0.483 e. The second-order valence-electron chi connectivity index (χ2n) is 8.84. The molecule has 2 heterocycles. The van der Waals surface area contributed by atoms with Gasteiger partial charge < -0.3 is 15.0 Å². The number of hydrogen-bond acceptors (Lipinski definition) is 5. The Bertz CT molecular complexity index is 1280. The summed E-state index contributed by atoms with van der Waals surface area (Å²) in [6, 6.07) is 25.4. The average molecular weight is 453 g/mol. The van der Waals surface area contributed by atoms with Crippen molar-refractivity contribution >= 4 is 28.2 Å². The van der Waals surface area contributed by atoms with Crippen molar-refractivity contribution in [3.63, 3.8) is 0 Å². The van der Waals surface area contributed by atoms with Gasteiger partial charge in [0.15, 0.2) is 12.4 Å². The van der Waals surface area contributed by atoms with Crippen molar-refractivity contribution in [3.05, 3.63) is 78.9 Å². The van der Waals surface area contributed by atoms with E-state index in [2.05, 4.69) is 27.3 Å². The number of carbonyl (C=O) groups excluding carboxylic acids is 1. The Kier molecular flexibility index (Phi) is 6.38. The molecule has 5 rings (SSSR count). The van der Waals surface area contributed by atoms with E-state index >= 15 is 0 Å². The van der Waals surface area contributed by atoms with Crippen molar-refractivity contribution in [2.75, 3.05) is 29.9 Å². The summed E-state index contributed by atoms with van der Waals surface area (Å²) in [4.78, 5) is 14.8. The van der Waals surface area contributed by atoms with Gasteiger partial charge >= 0.3 is 0 Å². The molecule has 0 radical (unpaired) electrons. The van der Waals surface area contributed by atoms with Gasteiger partial charge in [-0.1, -0.05) is 55.5 Å². The average Bonchev–Trinajstić information content (AvgIpc) is 2.88. The molecule has 0 unspecified atom stereocenters. The number of amides is 1. The van der Waals surface area contributed by atoms with Crippen molar-refractivity contribution in [3.8, 4) is 17.0 Å². The number of aromatic nitrogens is 2. The van der Waals surface area contributed by atoms with Gasteiger partial charge in [0.05, 0.1) is 5.69 Å². The van der Waals surface area contributed by atoms with Crippen LogP contribution >= 0.6 is 0 Å². The van der Waals surface area contributed by atoms with Crippen LogP contribution in [0.2, 0.25) is 0 Å². The normalized spacial score (nSPS) is 14.2. The highest BCUT2D eigenvalue weighted by molar-refractivity contribution is 5.93. The molecule has 0 spiro atoms. The number of rotatable bonds is 6. The summed E-state index contributed by atoms with van der Waals surface area (Å²) < 4.78 is 5.81. The van der Waals surface area contributed by atoms with Crippen molar-refractivity contribution < 1.29 is 9.53 Å². The number of nitrogens with zero attached hydrogens (tertiary/aromatic N) is 3. The third-order valence-corrected chi connectivity index (χ3v) is 6.31. The molecule has 6 heteroatoms. The molecule has 0 saturated carbocycles. The zero-order valence-corrected chi connectivity index (χ0v) is 19.3. The van der Waals surface area contributed by atoms with E-state index in [1.807, 2.05) is 78.9 Å². The number of anilines is 2. The standard InChI is InChI=1S/C28H28N4O2/c1-20-14-16-32(17-15-20)27-13-12-25(30-31-27)22-8-4-9-23(18-22)29-28(33)19-34-26-11-5-7-21-6-2-3-10-24(21)26/h2-13,18,20H,14-17,19H2,1H3,(H,29,33). The summed E-state index contributed by atoms with van der Waals surface area (Å²) >= 11 is 0. The molecule has 1 aromatic heterocycles. The number of hydrogen-bond donors (Lipinski definition) is 1. The molecule has 0 atom stereocenters. The minimum absolute atomic E-state index is 0.0683. The second-order valence-corrected chi connectivity index (χ2v) is 8.84. The molecule has 6 nitrogen and oxygen atoms in total. The SMILES string of the molecule is CC1CCN(c2ccc(-c3cccc(NC(=O)COc4cccc5ccccc45)c3)nn2)CC1. The van der Waals surface area contributed by atoms with Crippen LogP contribution in [0.5, 0.6) is 5.75 Å². The topological polar surface area (TPSA) is 67.4 Å². The first kappa shape index (κ1) is 21.9. The predicted molar refractivity (Wildman–Crippen MR) is 136 cm³/mol. The Morgan fingerprint density at radius 2 is 1.76 bits per heavy atom. The lowest BCUT2D eigenvalue weighted by molar-refractivity contribution is -0.118. The summed E-state index contributed by atoms with van der Waals surface area (Å²) in [5.74, 6) is 2.18. The summed E-state index contributed by atoms with van der Waals surface area (Å²) in [7, 11) is 0. The summed E-state index contributed by atoms with van der Waals surface area (Å²) in [6.45, 7) is 4.28. The quantitative estimate of drug-likeness (QED) is 0.415. The van der Waals surface area contributed by atoms with E-state index in [0.29, 0.717) is 11.4 Å². The molecule has 1 N–H and O–H groups in total. The number of benzene rings is 3. The molecule has 1 amide bonds. The van der Waals surface area contributed by atoms with Gasteiger partial charge in [0.2, 0.25) is 0 Å². The molecule has 1 aliphatic heterocycles. The van der Waals surface area contributed by atoms with Crippen molar-refractivity contribution in [1.29, 1.82) is 0 Å². The van der Waals surface area contributed by atoms with Crippen LogP contribution in [-0.2, 0) is 4.79 Å². The van der Waals surface area contributed by atoms with Crippen LogP contribution in [0.1, 0.15) is 19.8 Å². The Labute approximate surface area is 199 Å². The van der Waals surface area contributed by atoms with E-state index in [-0.39, 0.29) is 12.5 Å². The summed E-state index contributed by atoms with van der Waals surface area (Å²) in [5, 5.41) is 13.9. The van der Waals surface area contributed by atoms with Crippen molar-refractivity contribution in [2.24, 2.45) is 5.92 Å². The third-order valence-electron chi connectivity index (χ3n) is 6.31. The van der Waals surface area contributed by atoms with E-state index < -0.39 is 0 Å². The first-order valence-corrected chi connectivity index (χ1v) is 11.8. The highest BCUT2D eigenvalue weighted by atomic mass is 16.5. The van der Waals surface area contributed by atoms with Gasteiger partial charge in [-0.3, -0.25) is 4.79 Å². The molecule has 1 fully saturated rings. The summed E-state index contributed by atoms with van der Waals surface area (Å²) in [6.07, 6.45) is 2.38. The molecule has 1 aliphatic rings. The molecule has 172 valence electrons. The molecule has 3 aromatic carbocycles. The predicted octanol–water partition coefficient (Wildman–Crippen LogP) is 5.55. The number of fused-ring (bicyclic) bond motifs is 1. The van der Waals surface area contributed by atoms with Crippen molar-refractivity contribution in [1.82, 2.24) is 10.2 Å². The maximum Gasteiger partial charge on any atom is 0.262 e. The fourth-order valence-electron chi connectivity index (χ4n) is 4.30. The van der Waals surface area contributed by atoms with E-state index in [9.17, 15) is 4.79 Å². The van der Waals surface area contributed by atoms with Gasteiger partial charge in [-0.05, 0) is 54.5 Å². The Morgan fingerprint density at radius 1 is 0.971 bits per heavy atom. The zero-order chi connectivity index (χ0) is 23.3. The lowest BCUT2D eigenvalue weighted by atomic mass is 9.99. The maximum absolute atomic E-state index is 12.5. The second kappa shape index (κ2) is 9.91. The molecular formula is C28H28N4O2. The Balaban J connectivity index is 1.22. The van der Waals surface area contributed by atoms with Gasteiger partial charge in [-0.15, -0.1) is 10.2 Å². The maximum atomic E-state index is 12.5. The highest BCUT2D eigenvalue weighted by Crippen LogP contribution is 2.26. The van der Waals surface area contributed by atoms with E-state index in [1.54, 1.807) is 0 Å². The van der Waals surface area contributed by atoms with Gasteiger partial charge in [-0.25, -0.2) is 0 Å². The number of nitrogens with one attached hydrogen (secondary N) is 1. The monoisotopic (exact) mass is 452 g/mol. The number of carbonyl (C=O) groups is 1. The van der Waals surface area contributed by atoms with E-state index in [0.717, 1.165) is 46.9 Å². The van der Waals surface area contributed by atoms with Crippen LogP contribution in [-0.4, -0.2) is 35.8 Å². The first-order valence-electron chi connectivity index (χ1n) is 11.8.